The summed E-state index contributed by atoms with van der Waals surface area (Å²) in [5.74, 6) is -0.147. The highest BCUT2D eigenvalue weighted by molar-refractivity contribution is 5.58. The molecule has 0 aliphatic carbocycles. The van der Waals surface area contributed by atoms with Gasteiger partial charge in [-0.3, -0.25) is 0 Å². The van der Waals surface area contributed by atoms with Gasteiger partial charge in [-0.2, -0.15) is 0 Å². The summed E-state index contributed by atoms with van der Waals surface area (Å²) in [5.41, 5.74) is 3.14. The van der Waals surface area contributed by atoms with E-state index in [-0.39, 0.29) is 5.82 Å². The molecule has 0 unspecified atom stereocenters. The van der Waals surface area contributed by atoms with E-state index in [9.17, 15) is 4.39 Å². The van der Waals surface area contributed by atoms with Crippen LogP contribution in [0.4, 0.5) is 10.1 Å². The summed E-state index contributed by atoms with van der Waals surface area (Å²) in [7, 11) is 1.67. The lowest BCUT2D eigenvalue weighted by atomic mass is 10.0. The molecule has 2 nitrogen and oxygen atoms in total. The molecule has 0 amide bonds. The van der Waals surface area contributed by atoms with Gasteiger partial charge in [0, 0.05) is 19.3 Å². The van der Waals surface area contributed by atoms with Gasteiger partial charge in [-0.1, -0.05) is 13.8 Å². The van der Waals surface area contributed by atoms with Gasteiger partial charge in [-0.15, -0.1) is 0 Å². The van der Waals surface area contributed by atoms with Crippen LogP contribution in [0.5, 0.6) is 0 Å². The van der Waals surface area contributed by atoms with Gasteiger partial charge in [-0.05, 0) is 36.1 Å². The van der Waals surface area contributed by atoms with Gasteiger partial charge in [-0.25, -0.2) is 4.39 Å². The van der Waals surface area contributed by atoms with Crippen molar-refractivity contribution in [2.75, 3.05) is 25.6 Å². The normalized spacial score (nSPS) is 10.5. The molecule has 0 saturated carbocycles. The number of ether oxygens (including phenoxy) is 1. The van der Waals surface area contributed by atoms with E-state index in [1.54, 1.807) is 19.2 Å². The SMILES string of the molecule is CCc1cc(F)cc(CC)c1NCCOC. The van der Waals surface area contributed by atoms with Crippen LogP contribution in [0.2, 0.25) is 0 Å². The van der Waals surface area contributed by atoms with E-state index in [1.807, 2.05) is 13.8 Å². The van der Waals surface area contributed by atoms with Crippen molar-refractivity contribution in [3.8, 4) is 0 Å². The van der Waals surface area contributed by atoms with Crippen molar-refractivity contribution in [3.63, 3.8) is 0 Å². The van der Waals surface area contributed by atoms with E-state index in [1.165, 1.54) is 0 Å². The first-order valence-electron chi connectivity index (χ1n) is 5.77. The number of anilines is 1. The molecule has 0 aromatic heterocycles. The Morgan fingerprint density at radius 1 is 1.19 bits per heavy atom. The molecule has 0 atom stereocenters. The molecule has 1 N–H and O–H groups in total. The zero-order valence-corrected chi connectivity index (χ0v) is 10.3. The highest BCUT2D eigenvalue weighted by Gasteiger charge is 2.08. The predicted octanol–water partition coefficient (Wildman–Crippen LogP) is 3.01. The second-order valence-electron chi connectivity index (χ2n) is 3.73. The zero-order valence-electron chi connectivity index (χ0n) is 10.3. The van der Waals surface area contributed by atoms with Gasteiger partial charge in [0.1, 0.15) is 5.82 Å². The number of methoxy groups -OCH3 is 1. The molecular formula is C13H20FNO. The van der Waals surface area contributed by atoms with Crippen LogP contribution in [0.25, 0.3) is 0 Å². The van der Waals surface area contributed by atoms with Crippen LogP contribution in [-0.4, -0.2) is 20.3 Å². The molecule has 0 radical (unpaired) electrons. The average Bonchev–Trinajstić information content (AvgIpc) is 2.30. The van der Waals surface area contributed by atoms with Crippen LogP contribution in [-0.2, 0) is 17.6 Å². The third-order valence-electron chi connectivity index (χ3n) is 2.64. The highest BCUT2D eigenvalue weighted by atomic mass is 19.1. The van der Waals surface area contributed by atoms with E-state index in [0.717, 1.165) is 36.2 Å². The third-order valence-corrected chi connectivity index (χ3v) is 2.64. The Bertz CT molecular complexity index is 314. The fraction of sp³-hybridized carbons (Fsp3) is 0.538. The van der Waals surface area contributed by atoms with Crippen LogP contribution in [0.3, 0.4) is 0 Å². The van der Waals surface area contributed by atoms with Crippen molar-refractivity contribution >= 4 is 5.69 Å². The number of aryl methyl sites for hydroxylation is 2. The van der Waals surface area contributed by atoms with Gasteiger partial charge in [0.2, 0.25) is 0 Å². The van der Waals surface area contributed by atoms with E-state index < -0.39 is 0 Å². The first-order chi connectivity index (χ1) is 7.72. The molecule has 0 aliphatic heterocycles. The number of hydrogen-bond donors (Lipinski definition) is 1. The quantitative estimate of drug-likeness (QED) is 0.751. The molecule has 3 heteroatoms. The lowest BCUT2D eigenvalue weighted by Gasteiger charge is -2.15. The summed E-state index contributed by atoms with van der Waals surface area (Å²) in [6.45, 7) is 5.48. The molecule has 90 valence electrons. The minimum absolute atomic E-state index is 0.147. The minimum atomic E-state index is -0.147. The van der Waals surface area contributed by atoms with E-state index in [0.29, 0.717) is 6.61 Å². The van der Waals surface area contributed by atoms with E-state index in [2.05, 4.69) is 5.32 Å². The molecule has 1 aromatic carbocycles. The number of rotatable bonds is 6. The predicted molar refractivity (Wildman–Crippen MR) is 65.5 cm³/mol. The fourth-order valence-electron chi connectivity index (χ4n) is 1.79. The van der Waals surface area contributed by atoms with Crippen molar-refractivity contribution in [1.29, 1.82) is 0 Å². The number of hydrogen-bond acceptors (Lipinski definition) is 2. The van der Waals surface area contributed by atoms with Crippen molar-refractivity contribution in [2.24, 2.45) is 0 Å². The first kappa shape index (κ1) is 13.0. The zero-order chi connectivity index (χ0) is 12.0. The van der Waals surface area contributed by atoms with Crippen molar-refractivity contribution in [3.05, 3.63) is 29.1 Å². The summed E-state index contributed by atoms with van der Waals surface area (Å²) >= 11 is 0. The lowest BCUT2D eigenvalue weighted by Crippen LogP contribution is -2.11. The number of benzene rings is 1. The van der Waals surface area contributed by atoms with Crippen molar-refractivity contribution < 1.29 is 9.13 Å². The lowest BCUT2D eigenvalue weighted by molar-refractivity contribution is 0.210. The maximum atomic E-state index is 13.3. The Kier molecular flexibility index (Phi) is 5.26. The summed E-state index contributed by atoms with van der Waals surface area (Å²) < 4.78 is 18.3. The molecule has 16 heavy (non-hydrogen) atoms. The van der Waals surface area contributed by atoms with Gasteiger partial charge in [0.15, 0.2) is 0 Å². The molecule has 0 saturated heterocycles. The van der Waals surface area contributed by atoms with Gasteiger partial charge in [0.05, 0.1) is 6.61 Å². The Hall–Kier alpha value is -1.09. The van der Waals surface area contributed by atoms with Gasteiger partial charge < -0.3 is 10.1 Å². The summed E-state index contributed by atoms with van der Waals surface area (Å²) in [4.78, 5) is 0. The molecule has 0 fully saturated rings. The second-order valence-corrected chi connectivity index (χ2v) is 3.73. The Balaban J connectivity index is 2.93. The minimum Gasteiger partial charge on any atom is -0.383 e. The van der Waals surface area contributed by atoms with Crippen molar-refractivity contribution in [1.82, 2.24) is 0 Å². The summed E-state index contributed by atoms with van der Waals surface area (Å²) in [5, 5.41) is 3.32. The van der Waals surface area contributed by atoms with E-state index in [4.69, 9.17) is 4.74 Å². The number of nitrogens with one attached hydrogen (secondary N) is 1. The summed E-state index contributed by atoms with van der Waals surface area (Å²) in [6.07, 6.45) is 1.67. The first-order valence-corrected chi connectivity index (χ1v) is 5.77. The van der Waals surface area contributed by atoms with Crippen LogP contribution in [0.1, 0.15) is 25.0 Å². The molecule has 0 aliphatic rings. The van der Waals surface area contributed by atoms with Gasteiger partial charge >= 0.3 is 0 Å². The third kappa shape index (κ3) is 3.20. The smallest absolute Gasteiger partial charge is 0.123 e. The van der Waals surface area contributed by atoms with E-state index >= 15 is 0 Å². The molecule has 1 rings (SSSR count). The Morgan fingerprint density at radius 2 is 1.75 bits per heavy atom. The molecular weight excluding hydrogens is 205 g/mol. The van der Waals surface area contributed by atoms with Crippen LogP contribution in [0, 0.1) is 5.82 Å². The average molecular weight is 225 g/mol. The van der Waals surface area contributed by atoms with Crippen molar-refractivity contribution in [2.45, 2.75) is 26.7 Å². The Morgan fingerprint density at radius 3 is 2.19 bits per heavy atom. The van der Waals surface area contributed by atoms with Crippen LogP contribution in [0.15, 0.2) is 12.1 Å². The van der Waals surface area contributed by atoms with Gasteiger partial charge in [0.25, 0.3) is 0 Å². The van der Waals surface area contributed by atoms with Crippen LogP contribution >= 0.6 is 0 Å². The standard InChI is InChI=1S/C13H20FNO/c1-4-10-8-12(14)9-11(5-2)13(10)15-6-7-16-3/h8-9,15H,4-7H2,1-3H3. The Labute approximate surface area is 96.8 Å². The largest absolute Gasteiger partial charge is 0.383 e. The molecule has 1 aromatic rings. The molecule has 0 bridgehead atoms. The summed E-state index contributed by atoms with van der Waals surface area (Å²) in [6, 6.07) is 3.21. The second kappa shape index (κ2) is 6.48. The molecule has 0 spiro atoms. The monoisotopic (exact) mass is 225 g/mol. The fourth-order valence-corrected chi connectivity index (χ4v) is 1.79. The maximum absolute atomic E-state index is 13.3. The molecule has 0 heterocycles. The highest BCUT2D eigenvalue weighted by Crippen LogP contribution is 2.24. The maximum Gasteiger partial charge on any atom is 0.123 e. The van der Waals surface area contributed by atoms with Crippen LogP contribution < -0.4 is 5.32 Å². The number of halogens is 1. The topological polar surface area (TPSA) is 21.3 Å².